The zero-order valence-electron chi connectivity index (χ0n) is 5.65. The largest absolute Gasteiger partial charge is 0.292 e. The standard InChI is InChI=1S/C7H7N3/c1-6-2-3-10-5-8-4-9-7(6)10/h2-5H,1H3. The summed E-state index contributed by atoms with van der Waals surface area (Å²) >= 11 is 0. The van der Waals surface area contributed by atoms with Crippen LogP contribution in [-0.2, 0) is 0 Å². The quantitative estimate of drug-likeness (QED) is 0.537. The number of fused-ring (bicyclic) bond motifs is 1. The molecule has 2 rings (SSSR count). The Morgan fingerprint density at radius 3 is 3.20 bits per heavy atom. The first-order valence-electron chi connectivity index (χ1n) is 3.11. The summed E-state index contributed by atoms with van der Waals surface area (Å²) in [5.41, 5.74) is 2.16. The second-order valence-electron chi connectivity index (χ2n) is 2.24. The Morgan fingerprint density at radius 1 is 1.50 bits per heavy atom. The Kier molecular flexibility index (Phi) is 0.974. The van der Waals surface area contributed by atoms with Gasteiger partial charge in [-0.1, -0.05) is 0 Å². The zero-order chi connectivity index (χ0) is 6.97. The van der Waals surface area contributed by atoms with Gasteiger partial charge in [0, 0.05) is 6.20 Å². The smallest absolute Gasteiger partial charge is 0.142 e. The number of rotatable bonds is 0. The molecule has 0 radical (unpaired) electrons. The molecule has 0 unspecified atom stereocenters. The summed E-state index contributed by atoms with van der Waals surface area (Å²) in [5, 5.41) is 0. The summed E-state index contributed by atoms with van der Waals surface area (Å²) in [5.74, 6) is 0. The van der Waals surface area contributed by atoms with Crippen LogP contribution >= 0.6 is 0 Å². The van der Waals surface area contributed by atoms with Crippen LogP contribution < -0.4 is 0 Å². The predicted molar refractivity (Wildman–Crippen MR) is 37.7 cm³/mol. The molecule has 0 aliphatic heterocycles. The molecule has 0 saturated heterocycles. The summed E-state index contributed by atoms with van der Waals surface area (Å²) in [7, 11) is 0. The molecule has 3 heteroatoms. The van der Waals surface area contributed by atoms with Gasteiger partial charge in [-0.2, -0.15) is 0 Å². The average molecular weight is 133 g/mol. The summed E-state index contributed by atoms with van der Waals surface area (Å²) < 4.78 is 1.90. The Labute approximate surface area is 58.4 Å². The minimum atomic E-state index is 0.981. The van der Waals surface area contributed by atoms with E-state index in [1.807, 2.05) is 23.6 Å². The van der Waals surface area contributed by atoms with E-state index in [4.69, 9.17) is 0 Å². The monoisotopic (exact) mass is 133 g/mol. The molecule has 3 nitrogen and oxygen atoms in total. The fourth-order valence-electron chi connectivity index (χ4n) is 0.992. The van der Waals surface area contributed by atoms with Gasteiger partial charge in [0.25, 0.3) is 0 Å². The Balaban J connectivity index is 2.93. The van der Waals surface area contributed by atoms with Gasteiger partial charge in [-0.3, -0.25) is 4.40 Å². The van der Waals surface area contributed by atoms with Gasteiger partial charge in [0.2, 0.25) is 0 Å². The predicted octanol–water partition coefficient (Wildman–Crippen LogP) is 1.04. The topological polar surface area (TPSA) is 30.2 Å². The highest BCUT2D eigenvalue weighted by Gasteiger charge is 1.94. The van der Waals surface area contributed by atoms with E-state index in [2.05, 4.69) is 9.97 Å². The molecule has 0 N–H and O–H groups in total. The van der Waals surface area contributed by atoms with Gasteiger partial charge in [0.1, 0.15) is 18.3 Å². The SMILES string of the molecule is Cc1ccn2cncnc12. The molecule has 0 spiro atoms. The van der Waals surface area contributed by atoms with Crippen molar-refractivity contribution >= 4 is 5.65 Å². The van der Waals surface area contributed by atoms with E-state index in [1.165, 1.54) is 5.56 Å². The fourth-order valence-corrected chi connectivity index (χ4v) is 0.992. The van der Waals surface area contributed by atoms with Crippen molar-refractivity contribution in [3.8, 4) is 0 Å². The maximum atomic E-state index is 4.09. The molecule has 0 aromatic carbocycles. The van der Waals surface area contributed by atoms with Crippen molar-refractivity contribution in [3.05, 3.63) is 30.5 Å². The molecule has 0 aliphatic rings. The van der Waals surface area contributed by atoms with Crippen LogP contribution in [-0.4, -0.2) is 14.4 Å². The van der Waals surface area contributed by atoms with Crippen molar-refractivity contribution in [3.63, 3.8) is 0 Å². The first-order valence-corrected chi connectivity index (χ1v) is 3.11. The van der Waals surface area contributed by atoms with Crippen molar-refractivity contribution in [2.75, 3.05) is 0 Å². The van der Waals surface area contributed by atoms with E-state index >= 15 is 0 Å². The van der Waals surface area contributed by atoms with Gasteiger partial charge in [-0.25, -0.2) is 9.97 Å². The van der Waals surface area contributed by atoms with Crippen LogP contribution in [0.2, 0.25) is 0 Å². The van der Waals surface area contributed by atoms with E-state index in [-0.39, 0.29) is 0 Å². The summed E-state index contributed by atoms with van der Waals surface area (Å²) in [4.78, 5) is 7.97. The van der Waals surface area contributed by atoms with Gasteiger partial charge in [-0.05, 0) is 18.6 Å². The highest BCUT2D eigenvalue weighted by molar-refractivity contribution is 5.46. The number of aryl methyl sites for hydroxylation is 1. The first kappa shape index (κ1) is 5.41. The van der Waals surface area contributed by atoms with Crippen LogP contribution in [0.5, 0.6) is 0 Å². The van der Waals surface area contributed by atoms with Gasteiger partial charge < -0.3 is 0 Å². The second-order valence-corrected chi connectivity index (χ2v) is 2.24. The minimum Gasteiger partial charge on any atom is -0.292 e. The fraction of sp³-hybridized carbons (Fsp3) is 0.143. The molecule has 0 fully saturated rings. The van der Waals surface area contributed by atoms with Gasteiger partial charge in [0.05, 0.1) is 0 Å². The highest BCUT2D eigenvalue weighted by atomic mass is 15.0. The number of hydrogen-bond donors (Lipinski definition) is 0. The second kappa shape index (κ2) is 1.80. The minimum absolute atomic E-state index is 0.981. The number of aromatic nitrogens is 3. The van der Waals surface area contributed by atoms with Crippen molar-refractivity contribution in [1.82, 2.24) is 14.4 Å². The maximum absolute atomic E-state index is 4.09. The zero-order valence-corrected chi connectivity index (χ0v) is 5.65. The average Bonchev–Trinajstić information content (AvgIpc) is 2.34. The summed E-state index contributed by atoms with van der Waals surface area (Å²) in [6, 6.07) is 2.02. The molecule has 0 bridgehead atoms. The molecule has 2 heterocycles. The van der Waals surface area contributed by atoms with Gasteiger partial charge in [-0.15, -0.1) is 0 Å². The van der Waals surface area contributed by atoms with Crippen LogP contribution in [0.1, 0.15) is 5.56 Å². The van der Waals surface area contributed by atoms with Gasteiger partial charge >= 0.3 is 0 Å². The van der Waals surface area contributed by atoms with Crippen molar-refractivity contribution < 1.29 is 0 Å². The van der Waals surface area contributed by atoms with E-state index in [0.717, 1.165) is 5.65 Å². The summed E-state index contributed by atoms with van der Waals surface area (Å²) in [6.07, 6.45) is 5.25. The molecule has 0 aliphatic carbocycles. The van der Waals surface area contributed by atoms with Crippen molar-refractivity contribution in [2.45, 2.75) is 6.92 Å². The van der Waals surface area contributed by atoms with E-state index in [0.29, 0.717) is 0 Å². The third-order valence-electron chi connectivity index (χ3n) is 1.52. The lowest BCUT2D eigenvalue weighted by Gasteiger charge is -1.89. The lowest BCUT2D eigenvalue weighted by atomic mass is 10.4. The first-order chi connectivity index (χ1) is 4.88. The van der Waals surface area contributed by atoms with Crippen molar-refractivity contribution in [2.24, 2.45) is 0 Å². The normalized spacial score (nSPS) is 10.5. The van der Waals surface area contributed by atoms with Gasteiger partial charge in [0.15, 0.2) is 0 Å². The molecule has 10 heavy (non-hydrogen) atoms. The Hall–Kier alpha value is -1.38. The van der Waals surface area contributed by atoms with Crippen LogP contribution in [0.15, 0.2) is 24.9 Å². The highest BCUT2D eigenvalue weighted by Crippen LogP contribution is 2.04. The third kappa shape index (κ3) is 0.603. The molecule has 0 amide bonds. The van der Waals surface area contributed by atoms with E-state index < -0.39 is 0 Å². The molecule has 0 atom stereocenters. The maximum Gasteiger partial charge on any atom is 0.142 e. The molecule has 0 saturated carbocycles. The van der Waals surface area contributed by atoms with Crippen LogP contribution in [0.4, 0.5) is 0 Å². The molecule has 2 aromatic rings. The van der Waals surface area contributed by atoms with Crippen LogP contribution in [0, 0.1) is 6.92 Å². The van der Waals surface area contributed by atoms with E-state index in [9.17, 15) is 0 Å². The number of nitrogens with zero attached hydrogens (tertiary/aromatic N) is 3. The summed E-state index contributed by atoms with van der Waals surface area (Å²) in [6.45, 7) is 2.03. The molecule has 50 valence electrons. The van der Waals surface area contributed by atoms with Crippen molar-refractivity contribution in [1.29, 1.82) is 0 Å². The van der Waals surface area contributed by atoms with E-state index in [1.54, 1.807) is 12.7 Å². The Morgan fingerprint density at radius 2 is 2.40 bits per heavy atom. The van der Waals surface area contributed by atoms with Crippen LogP contribution in [0.25, 0.3) is 5.65 Å². The van der Waals surface area contributed by atoms with Crippen LogP contribution in [0.3, 0.4) is 0 Å². The molecular weight excluding hydrogens is 126 g/mol. The number of hydrogen-bond acceptors (Lipinski definition) is 2. The molecule has 2 aromatic heterocycles. The molecular formula is C7H7N3. The lowest BCUT2D eigenvalue weighted by molar-refractivity contribution is 1.02. The third-order valence-corrected chi connectivity index (χ3v) is 1.52. The Bertz CT molecular complexity index is 350. The lowest BCUT2D eigenvalue weighted by Crippen LogP contribution is -1.87.